The maximum absolute atomic E-state index is 12.1. The summed E-state index contributed by atoms with van der Waals surface area (Å²) in [5.41, 5.74) is 1.66. The lowest BCUT2D eigenvalue weighted by Gasteiger charge is -2.05. The van der Waals surface area contributed by atoms with Gasteiger partial charge in [-0.3, -0.25) is 14.0 Å². The zero-order valence-electron chi connectivity index (χ0n) is 10.9. The number of hydrogen-bond acceptors (Lipinski definition) is 3. The number of rotatable bonds is 5. The number of carboxylic acid groups (broad SMARTS) is 1. The second-order valence-corrected chi connectivity index (χ2v) is 4.81. The molecular formula is C13H14ClN3O3. The van der Waals surface area contributed by atoms with E-state index in [4.69, 9.17) is 16.7 Å². The summed E-state index contributed by atoms with van der Waals surface area (Å²) in [5, 5.41) is 11.7. The number of carbonyl (C=O) groups is 2. The van der Waals surface area contributed by atoms with Crippen molar-refractivity contribution in [2.45, 2.75) is 19.8 Å². The van der Waals surface area contributed by atoms with Gasteiger partial charge in [0.15, 0.2) is 0 Å². The van der Waals surface area contributed by atoms with E-state index in [1.54, 1.807) is 29.7 Å². The lowest BCUT2D eigenvalue weighted by atomic mass is 10.3. The lowest BCUT2D eigenvalue weighted by Crippen LogP contribution is -2.26. The van der Waals surface area contributed by atoms with Crippen molar-refractivity contribution < 1.29 is 14.7 Å². The van der Waals surface area contributed by atoms with Crippen LogP contribution in [0.15, 0.2) is 18.3 Å². The number of imidazole rings is 1. The number of amides is 1. The molecule has 0 saturated heterocycles. The third-order valence-electron chi connectivity index (χ3n) is 2.82. The predicted molar refractivity (Wildman–Crippen MR) is 74.1 cm³/mol. The minimum absolute atomic E-state index is 0.0260. The number of carboxylic acids is 1. The van der Waals surface area contributed by atoms with Crippen molar-refractivity contribution in [3.8, 4) is 0 Å². The molecule has 0 bridgehead atoms. The third-order valence-corrected chi connectivity index (χ3v) is 3.05. The molecule has 2 heterocycles. The summed E-state index contributed by atoms with van der Waals surface area (Å²) in [6.07, 6.45) is 2.04. The van der Waals surface area contributed by atoms with E-state index in [0.29, 0.717) is 35.0 Å². The van der Waals surface area contributed by atoms with Crippen molar-refractivity contribution in [1.29, 1.82) is 0 Å². The zero-order chi connectivity index (χ0) is 14.7. The van der Waals surface area contributed by atoms with Crippen LogP contribution in [0.25, 0.3) is 5.65 Å². The Morgan fingerprint density at radius 3 is 2.90 bits per heavy atom. The van der Waals surface area contributed by atoms with E-state index in [1.807, 2.05) is 0 Å². The van der Waals surface area contributed by atoms with Crippen molar-refractivity contribution >= 4 is 29.1 Å². The van der Waals surface area contributed by atoms with Gasteiger partial charge in [-0.15, -0.1) is 0 Å². The molecule has 1 amide bonds. The van der Waals surface area contributed by atoms with Gasteiger partial charge in [-0.25, -0.2) is 4.98 Å². The van der Waals surface area contributed by atoms with Crippen LogP contribution in [0, 0.1) is 6.92 Å². The van der Waals surface area contributed by atoms with Crippen molar-refractivity contribution in [3.63, 3.8) is 0 Å². The van der Waals surface area contributed by atoms with Gasteiger partial charge in [-0.05, 0) is 25.5 Å². The molecule has 2 rings (SSSR count). The Morgan fingerprint density at radius 2 is 2.20 bits per heavy atom. The van der Waals surface area contributed by atoms with Crippen molar-refractivity contribution in [3.05, 3.63) is 34.7 Å². The van der Waals surface area contributed by atoms with E-state index >= 15 is 0 Å². The van der Waals surface area contributed by atoms with Crippen LogP contribution in [0.3, 0.4) is 0 Å². The standard InChI is InChI=1S/C13H14ClN3O3/c1-8-12(13(20)15-6-2-3-11(18)19)17-7-9(14)4-5-10(17)16-8/h4-5,7H,2-3,6H2,1H3,(H,15,20)(H,18,19). The minimum atomic E-state index is -0.878. The van der Waals surface area contributed by atoms with Crippen LogP contribution < -0.4 is 5.32 Å². The van der Waals surface area contributed by atoms with Crippen LogP contribution in [0.1, 0.15) is 29.0 Å². The zero-order valence-corrected chi connectivity index (χ0v) is 11.6. The topological polar surface area (TPSA) is 83.7 Å². The van der Waals surface area contributed by atoms with E-state index < -0.39 is 5.97 Å². The highest BCUT2D eigenvalue weighted by Gasteiger charge is 2.16. The number of halogens is 1. The molecule has 20 heavy (non-hydrogen) atoms. The van der Waals surface area contributed by atoms with Crippen molar-refractivity contribution in [2.24, 2.45) is 0 Å². The first-order valence-electron chi connectivity index (χ1n) is 6.13. The highest BCUT2D eigenvalue weighted by molar-refractivity contribution is 6.30. The number of carbonyl (C=O) groups excluding carboxylic acids is 1. The Kier molecular flexibility index (Phi) is 4.24. The molecule has 2 N–H and O–H groups in total. The number of pyridine rings is 1. The van der Waals surface area contributed by atoms with E-state index in [1.165, 1.54) is 0 Å². The van der Waals surface area contributed by atoms with Crippen LogP contribution in [-0.4, -0.2) is 32.9 Å². The fraction of sp³-hybridized carbons (Fsp3) is 0.308. The van der Waals surface area contributed by atoms with Gasteiger partial charge in [0.05, 0.1) is 10.7 Å². The average molecular weight is 296 g/mol. The summed E-state index contributed by atoms with van der Waals surface area (Å²) in [6.45, 7) is 2.05. The SMILES string of the molecule is Cc1nc2ccc(Cl)cn2c1C(=O)NCCCC(=O)O. The summed E-state index contributed by atoms with van der Waals surface area (Å²) in [5.74, 6) is -1.17. The van der Waals surface area contributed by atoms with Crippen LogP contribution in [0.5, 0.6) is 0 Å². The molecule has 0 fully saturated rings. The number of fused-ring (bicyclic) bond motifs is 1. The van der Waals surface area contributed by atoms with Crippen LogP contribution in [0.2, 0.25) is 5.02 Å². The molecule has 0 saturated carbocycles. The number of aromatic nitrogens is 2. The smallest absolute Gasteiger partial charge is 0.303 e. The summed E-state index contributed by atoms with van der Waals surface area (Å²) in [4.78, 5) is 26.8. The second-order valence-electron chi connectivity index (χ2n) is 4.37. The molecule has 0 aliphatic carbocycles. The largest absolute Gasteiger partial charge is 0.481 e. The molecule has 0 aliphatic rings. The molecule has 0 unspecified atom stereocenters. The van der Waals surface area contributed by atoms with Gasteiger partial charge in [0, 0.05) is 19.2 Å². The molecule has 6 nitrogen and oxygen atoms in total. The summed E-state index contributed by atoms with van der Waals surface area (Å²) in [7, 11) is 0. The van der Waals surface area contributed by atoms with Crippen LogP contribution in [-0.2, 0) is 4.79 Å². The Labute approximate surface area is 120 Å². The molecular weight excluding hydrogens is 282 g/mol. The molecule has 106 valence electrons. The van der Waals surface area contributed by atoms with Gasteiger partial charge in [-0.2, -0.15) is 0 Å². The van der Waals surface area contributed by atoms with Gasteiger partial charge in [0.2, 0.25) is 0 Å². The predicted octanol–water partition coefficient (Wildman–Crippen LogP) is 1.89. The number of nitrogens with zero attached hydrogens (tertiary/aromatic N) is 2. The second kappa shape index (κ2) is 5.92. The van der Waals surface area contributed by atoms with Gasteiger partial charge < -0.3 is 10.4 Å². The van der Waals surface area contributed by atoms with Gasteiger partial charge in [-0.1, -0.05) is 11.6 Å². The molecule has 2 aromatic rings. The lowest BCUT2D eigenvalue weighted by molar-refractivity contribution is -0.137. The van der Waals surface area contributed by atoms with E-state index in [-0.39, 0.29) is 12.3 Å². The first kappa shape index (κ1) is 14.3. The van der Waals surface area contributed by atoms with Crippen LogP contribution in [0.4, 0.5) is 0 Å². The van der Waals surface area contributed by atoms with Crippen molar-refractivity contribution in [2.75, 3.05) is 6.54 Å². The Balaban J connectivity index is 2.15. The third kappa shape index (κ3) is 3.08. The molecule has 0 aromatic carbocycles. The highest BCUT2D eigenvalue weighted by atomic mass is 35.5. The maximum atomic E-state index is 12.1. The first-order chi connectivity index (χ1) is 9.49. The Bertz CT molecular complexity index is 666. The molecule has 0 atom stereocenters. The average Bonchev–Trinajstić information content (AvgIpc) is 2.69. The van der Waals surface area contributed by atoms with Crippen LogP contribution >= 0.6 is 11.6 Å². The minimum Gasteiger partial charge on any atom is -0.481 e. The highest BCUT2D eigenvalue weighted by Crippen LogP contribution is 2.16. The summed E-state index contributed by atoms with van der Waals surface area (Å²) >= 11 is 5.92. The van der Waals surface area contributed by atoms with Gasteiger partial charge in [0.25, 0.3) is 5.91 Å². The number of hydrogen-bond donors (Lipinski definition) is 2. The van der Waals surface area contributed by atoms with E-state index in [0.717, 1.165) is 0 Å². The monoisotopic (exact) mass is 295 g/mol. The molecule has 0 radical (unpaired) electrons. The van der Waals surface area contributed by atoms with Gasteiger partial charge in [0.1, 0.15) is 11.3 Å². The first-order valence-corrected chi connectivity index (χ1v) is 6.51. The fourth-order valence-electron chi connectivity index (χ4n) is 1.94. The number of aliphatic carboxylic acids is 1. The maximum Gasteiger partial charge on any atom is 0.303 e. The Morgan fingerprint density at radius 1 is 1.45 bits per heavy atom. The molecule has 0 spiro atoms. The fourth-order valence-corrected chi connectivity index (χ4v) is 2.10. The van der Waals surface area contributed by atoms with E-state index in [9.17, 15) is 9.59 Å². The quantitative estimate of drug-likeness (QED) is 0.825. The number of nitrogens with one attached hydrogen (secondary N) is 1. The Hall–Kier alpha value is -2.08. The normalized spacial score (nSPS) is 10.7. The van der Waals surface area contributed by atoms with E-state index in [2.05, 4.69) is 10.3 Å². The number of aryl methyl sites for hydroxylation is 1. The van der Waals surface area contributed by atoms with Gasteiger partial charge >= 0.3 is 5.97 Å². The molecule has 7 heteroatoms. The summed E-state index contributed by atoms with van der Waals surface area (Å²) in [6, 6.07) is 3.44. The summed E-state index contributed by atoms with van der Waals surface area (Å²) < 4.78 is 1.63. The molecule has 0 aliphatic heterocycles. The molecule has 2 aromatic heterocycles. The van der Waals surface area contributed by atoms with Crippen molar-refractivity contribution in [1.82, 2.24) is 14.7 Å².